The summed E-state index contributed by atoms with van der Waals surface area (Å²) in [6.07, 6.45) is 6.92. The molecule has 0 amide bonds. The first-order valence-electron chi connectivity index (χ1n) is 8.10. The smallest absolute Gasteiger partial charge is 0.0208 e. The van der Waals surface area contributed by atoms with Crippen molar-refractivity contribution in [1.29, 1.82) is 0 Å². The van der Waals surface area contributed by atoms with E-state index in [0.29, 0.717) is 0 Å². The van der Waals surface area contributed by atoms with Gasteiger partial charge in [0.1, 0.15) is 0 Å². The fourth-order valence-corrected chi connectivity index (χ4v) is 3.73. The summed E-state index contributed by atoms with van der Waals surface area (Å²) >= 11 is 0. The molecule has 2 aliphatic carbocycles. The molecule has 0 bridgehead atoms. The predicted molar refractivity (Wildman–Crippen MR) is 81.2 cm³/mol. The highest BCUT2D eigenvalue weighted by molar-refractivity contribution is 5.29. The van der Waals surface area contributed by atoms with Gasteiger partial charge in [0.25, 0.3) is 0 Å². The molecule has 104 valence electrons. The maximum absolute atomic E-state index is 3.80. The fourth-order valence-electron chi connectivity index (χ4n) is 3.73. The maximum Gasteiger partial charge on any atom is 0.0208 e. The SMILES string of the molecule is CCC1CCC(NCc2cccc(C3CC3)c2)C1C. The third-order valence-electron chi connectivity index (χ3n) is 5.32. The Morgan fingerprint density at radius 2 is 2.00 bits per heavy atom. The molecule has 1 N–H and O–H groups in total. The molecule has 2 saturated carbocycles. The maximum atomic E-state index is 3.80. The first-order valence-corrected chi connectivity index (χ1v) is 8.10. The summed E-state index contributed by atoms with van der Waals surface area (Å²) in [7, 11) is 0. The first-order chi connectivity index (χ1) is 9.28. The lowest BCUT2D eigenvalue weighted by molar-refractivity contribution is 0.344. The van der Waals surface area contributed by atoms with Crippen LogP contribution in [0, 0.1) is 11.8 Å². The number of hydrogen-bond acceptors (Lipinski definition) is 1. The molecule has 0 radical (unpaired) electrons. The number of nitrogens with one attached hydrogen (secondary N) is 1. The highest BCUT2D eigenvalue weighted by Gasteiger charge is 2.31. The molecule has 2 fully saturated rings. The van der Waals surface area contributed by atoms with E-state index in [1.54, 1.807) is 5.56 Å². The molecular formula is C18H27N. The fraction of sp³-hybridized carbons (Fsp3) is 0.667. The van der Waals surface area contributed by atoms with Crippen molar-refractivity contribution in [3.63, 3.8) is 0 Å². The van der Waals surface area contributed by atoms with Crippen LogP contribution in [0.25, 0.3) is 0 Å². The van der Waals surface area contributed by atoms with Crippen LogP contribution in [0.1, 0.15) is 63.0 Å². The molecular weight excluding hydrogens is 230 g/mol. The van der Waals surface area contributed by atoms with Gasteiger partial charge in [0.15, 0.2) is 0 Å². The van der Waals surface area contributed by atoms with Crippen molar-refractivity contribution in [1.82, 2.24) is 5.32 Å². The minimum Gasteiger partial charge on any atom is -0.310 e. The van der Waals surface area contributed by atoms with Gasteiger partial charge in [-0.25, -0.2) is 0 Å². The van der Waals surface area contributed by atoms with E-state index in [1.807, 2.05) is 0 Å². The lowest BCUT2D eigenvalue weighted by Gasteiger charge is -2.21. The van der Waals surface area contributed by atoms with E-state index >= 15 is 0 Å². The second kappa shape index (κ2) is 5.66. The highest BCUT2D eigenvalue weighted by Crippen LogP contribution is 2.40. The Balaban J connectivity index is 1.56. The lowest BCUT2D eigenvalue weighted by atomic mass is 9.93. The van der Waals surface area contributed by atoms with Gasteiger partial charge in [-0.1, -0.05) is 44.5 Å². The van der Waals surface area contributed by atoms with E-state index in [9.17, 15) is 0 Å². The van der Waals surface area contributed by atoms with Crippen molar-refractivity contribution >= 4 is 0 Å². The highest BCUT2D eigenvalue weighted by atomic mass is 14.9. The molecule has 3 atom stereocenters. The van der Waals surface area contributed by atoms with Crippen LogP contribution in [0.15, 0.2) is 24.3 Å². The van der Waals surface area contributed by atoms with E-state index < -0.39 is 0 Å². The summed E-state index contributed by atoms with van der Waals surface area (Å²) in [5.41, 5.74) is 3.03. The van der Waals surface area contributed by atoms with E-state index in [4.69, 9.17) is 0 Å². The summed E-state index contributed by atoms with van der Waals surface area (Å²) in [6.45, 7) is 5.81. The monoisotopic (exact) mass is 257 g/mol. The third kappa shape index (κ3) is 3.02. The van der Waals surface area contributed by atoms with Gasteiger partial charge in [0.05, 0.1) is 0 Å². The Labute approximate surface area is 117 Å². The molecule has 19 heavy (non-hydrogen) atoms. The quantitative estimate of drug-likeness (QED) is 0.820. The molecule has 1 aromatic rings. The zero-order chi connectivity index (χ0) is 13.2. The Kier molecular flexibility index (Phi) is 3.93. The molecule has 0 spiro atoms. The van der Waals surface area contributed by atoms with Crippen LogP contribution >= 0.6 is 0 Å². The Morgan fingerprint density at radius 1 is 1.16 bits per heavy atom. The van der Waals surface area contributed by atoms with Gasteiger partial charge in [-0.05, 0) is 54.6 Å². The first kappa shape index (κ1) is 13.2. The average Bonchev–Trinajstić information content (AvgIpc) is 3.22. The summed E-state index contributed by atoms with van der Waals surface area (Å²) in [4.78, 5) is 0. The predicted octanol–water partition coefficient (Wildman–Crippen LogP) is 4.48. The van der Waals surface area contributed by atoms with Crippen LogP contribution in [0.2, 0.25) is 0 Å². The van der Waals surface area contributed by atoms with Gasteiger partial charge < -0.3 is 5.32 Å². The normalized spacial score (nSPS) is 30.7. The lowest BCUT2D eigenvalue weighted by Crippen LogP contribution is -2.32. The molecule has 2 aliphatic rings. The molecule has 0 aromatic heterocycles. The van der Waals surface area contributed by atoms with Crippen LogP contribution in [0.3, 0.4) is 0 Å². The van der Waals surface area contributed by atoms with Gasteiger partial charge in [-0.2, -0.15) is 0 Å². The van der Waals surface area contributed by atoms with E-state index in [-0.39, 0.29) is 0 Å². The molecule has 0 aliphatic heterocycles. The Bertz CT molecular complexity index is 421. The zero-order valence-electron chi connectivity index (χ0n) is 12.4. The van der Waals surface area contributed by atoms with Gasteiger partial charge in [0, 0.05) is 12.6 Å². The largest absolute Gasteiger partial charge is 0.310 e. The standard InChI is InChI=1S/C18H27N/c1-3-15-9-10-18(13(15)2)19-12-14-5-4-6-17(11-14)16-7-8-16/h4-6,11,13,15-16,18-19H,3,7-10,12H2,1-2H3. The van der Waals surface area contributed by atoms with Crippen LogP contribution < -0.4 is 5.32 Å². The number of benzene rings is 1. The summed E-state index contributed by atoms with van der Waals surface area (Å²) in [6, 6.07) is 9.95. The summed E-state index contributed by atoms with van der Waals surface area (Å²) in [5.74, 6) is 2.65. The van der Waals surface area contributed by atoms with Crippen molar-refractivity contribution in [3.8, 4) is 0 Å². The molecule has 1 heteroatoms. The third-order valence-corrected chi connectivity index (χ3v) is 5.32. The topological polar surface area (TPSA) is 12.0 Å². The van der Waals surface area contributed by atoms with Gasteiger partial charge >= 0.3 is 0 Å². The van der Waals surface area contributed by atoms with Gasteiger partial charge in [-0.3, -0.25) is 0 Å². The number of hydrogen-bond donors (Lipinski definition) is 1. The molecule has 0 saturated heterocycles. The second-order valence-electron chi connectivity index (χ2n) is 6.61. The number of rotatable bonds is 5. The minimum absolute atomic E-state index is 0.731. The van der Waals surface area contributed by atoms with Crippen LogP contribution in [-0.4, -0.2) is 6.04 Å². The van der Waals surface area contributed by atoms with E-state index in [0.717, 1.165) is 30.3 Å². The Morgan fingerprint density at radius 3 is 2.68 bits per heavy atom. The van der Waals surface area contributed by atoms with Crippen LogP contribution in [-0.2, 0) is 6.54 Å². The molecule has 3 rings (SSSR count). The molecule has 3 unspecified atom stereocenters. The summed E-state index contributed by atoms with van der Waals surface area (Å²) in [5, 5.41) is 3.80. The van der Waals surface area contributed by atoms with Gasteiger partial charge in [0.2, 0.25) is 0 Å². The minimum atomic E-state index is 0.731. The van der Waals surface area contributed by atoms with Crippen LogP contribution in [0.5, 0.6) is 0 Å². The van der Waals surface area contributed by atoms with Crippen molar-refractivity contribution in [2.24, 2.45) is 11.8 Å². The molecule has 0 heterocycles. The van der Waals surface area contributed by atoms with Crippen molar-refractivity contribution in [2.45, 2.75) is 64.5 Å². The van der Waals surface area contributed by atoms with E-state index in [2.05, 4.69) is 43.4 Å². The zero-order valence-corrected chi connectivity index (χ0v) is 12.4. The second-order valence-corrected chi connectivity index (χ2v) is 6.61. The van der Waals surface area contributed by atoms with Crippen LogP contribution in [0.4, 0.5) is 0 Å². The van der Waals surface area contributed by atoms with Crippen molar-refractivity contribution in [2.75, 3.05) is 0 Å². The summed E-state index contributed by atoms with van der Waals surface area (Å²) < 4.78 is 0. The van der Waals surface area contributed by atoms with Crippen molar-refractivity contribution < 1.29 is 0 Å². The van der Waals surface area contributed by atoms with E-state index in [1.165, 1.54) is 37.7 Å². The molecule has 1 aromatic carbocycles. The average molecular weight is 257 g/mol. The molecule has 1 nitrogen and oxygen atoms in total. The van der Waals surface area contributed by atoms with Crippen molar-refractivity contribution in [3.05, 3.63) is 35.4 Å². The van der Waals surface area contributed by atoms with Gasteiger partial charge in [-0.15, -0.1) is 0 Å². The Hall–Kier alpha value is -0.820.